The van der Waals surface area contributed by atoms with Crippen LogP contribution in [0.15, 0.2) is 35.4 Å². The lowest BCUT2D eigenvalue weighted by Crippen LogP contribution is -2.22. The summed E-state index contributed by atoms with van der Waals surface area (Å²) < 4.78 is 40.4. The maximum Gasteiger partial charge on any atom is 0.267 e. The minimum atomic E-state index is -3.82. The Balaban J connectivity index is 1.62. The number of carbonyl (C=O) groups is 1. The highest BCUT2D eigenvalue weighted by Gasteiger charge is 2.23. The van der Waals surface area contributed by atoms with Crippen molar-refractivity contribution in [3.05, 3.63) is 36.2 Å². The van der Waals surface area contributed by atoms with Crippen molar-refractivity contribution in [3.63, 3.8) is 0 Å². The second-order valence-electron chi connectivity index (χ2n) is 5.83. The third-order valence-electron chi connectivity index (χ3n) is 4.07. The molecule has 1 aromatic heterocycles. The zero-order valence-corrected chi connectivity index (χ0v) is 14.1. The van der Waals surface area contributed by atoms with E-state index in [-0.39, 0.29) is 10.8 Å². The van der Waals surface area contributed by atoms with Crippen LogP contribution in [0.4, 0.5) is 5.69 Å². The largest absolute Gasteiger partial charge is 0.486 e. The summed E-state index contributed by atoms with van der Waals surface area (Å²) in [6.07, 6.45) is 2.24. The summed E-state index contributed by atoms with van der Waals surface area (Å²) in [5.41, 5.74) is 0.718. The number of hydrogen-bond acceptors (Lipinski definition) is 5. The summed E-state index contributed by atoms with van der Waals surface area (Å²) in [6, 6.07) is 6.24. The van der Waals surface area contributed by atoms with Crippen molar-refractivity contribution in [3.8, 4) is 11.5 Å². The molecule has 1 aromatic carbocycles. The first-order valence-electron chi connectivity index (χ1n) is 7.94. The Labute approximate surface area is 144 Å². The molecule has 0 bridgehead atoms. The van der Waals surface area contributed by atoms with Gasteiger partial charge in [0.15, 0.2) is 11.5 Å². The molecule has 1 amide bonds. The van der Waals surface area contributed by atoms with Crippen molar-refractivity contribution >= 4 is 21.6 Å². The van der Waals surface area contributed by atoms with Gasteiger partial charge in [-0.25, -0.2) is 8.42 Å². The SMILES string of the molecule is O=C1NCCCn2cc(S(=O)(=O)Nc3ccc4c(c3)OCCO4)cc21. The number of benzene rings is 1. The van der Waals surface area contributed by atoms with Crippen LogP contribution in [0.3, 0.4) is 0 Å². The van der Waals surface area contributed by atoms with E-state index in [2.05, 4.69) is 10.0 Å². The minimum absolute atomic E-state index is 0.0504. The van der Waals surface area contributed by atoms with E-state index in [4.69, 9.17) is 9.47 Å². The summed E-state index contributed by atoms with van der Waals surface area (Å²) in [4.78, 5) is 12.0. The van der Waals surface area contributed by atoms with Crippen molar-refractivity contribution in [1.82, 2.24) is 9.88 Å². The molecule has 2 N–H and O–H groups in total. The molecule has 0 fully saturated rings. The average molecular weight is 363 g/mol. The molecule has 0 saturated heterocycles. The van der Waals surface area contributed by atoms with Crippen molar-refractivity contribution in [2.75, 3.05) is 24.5 Å². The summed E-state index contributed by atoms with van der Waals surface area (Å²) in [7, 11) is -3.82. The van der Waals surface area contributed by atoms with Crippen LogP contribution < -0.4 is 19.5 Å². The van der Waals surface area contributed by atoms with Crippen LogP contribution in [-0.4, -0.2) is 38.7 Å². The molecule has 0 aliphatic carbocycles. The lowest BCUT2D eigenvalue weighted by Gasteiger charge is -2.19. The molecule has 2 aliphatic heterocycles. The van der Waals surface area contributed by atoms with Crippen molar-refractivity contribution in [2.45, 2.75) is 17.9 Å². The fraction of sp³-hybridized carbons (Fsp3) is 0.312. The van der Waals surface area contributed by atoms with Gasteiger partial charge in [0.1, 0.15) is 23.8 Å². The average Bonchev–Trinajstić information content (AvgIpc) is 2.96. The third-order valence-corrected chi connectivity index (χ3v) is 5.42. The van der Waals surface area contributed by atoms with E-state index in [0.717, 1.165) is 6.42 Å². The molecule has 3 heterocycles. The molecule has 8 nitrogen and oxygen atoms in total. The number of nitrogens with one attached hydrogen (secondary N) is 2. The summed E-state index contributed by atoms with van der Waals surface area (Å²) in [5.74, 6) is 0.818. The number of rotatable bonds is 3. The Bertz CT molecular complexity index is 935. The molecule has 2 aromatic rings. The molecule has 132 valence electrons. The molecular weight excluding hydrogens is 346 g/mol. The quantitative estimate of drug-likeness (QED) is 0.854. The first kappa shape index (κ1) is 15.8. The first-order valence-corrected chi connectivity index (χ1v) is 9.42. The van der Waals surface area contributed by atoms with Gasteiger partial charge in [-0.3, -0.25) is 9.52 Å². The molecule has 0 saturated carbocycles. The zero-order valence-electron chi connectivity index (χ0n) is 13.3. The molecule has 25 heavy (non-hydrogen) atoms. The van der Waals surface area contributed by atoms with Crippen LogP contribution >= 0.6 is 0 Å². The van der Waals surface area contributed by atoms with Gasteiger partial charge < -0.3 is 19.4 Å². The number of ether oxygens (including phenoxy) is 2. The number of anilines is 1. The predicted molar refractivity (Wildman–Crippen MR) is 89.6 cm³/mol. The molecule has 2 aliphatic rings. The molecule has 4 rings (SSSR count). The van der Waals surface area contributed by atoms with Gasteiger partial charge in [-0.2, -0.15) is 0 Å². The van der Waals surface area contributed by atoms with Crippen molar-refractivity contribution in [1.29, 1.82) is 0 Å². The van der Waals surface area contributed by atoms with Gasteiger partial charge in [0.2, 0.25) is 0 Å². The predicted octanol–water partition coefficient (Wildman–Crippen LogP) is 1.19. The Morgan fingerprint density at radius 2 is 1.92 bits per heavy atom. The Morgan fingerprint density at radius 3 is 2.76 bits per heavy atom. The molecule has 0 spiro atoms. The van der Waals surface area contributed by atoms with E-state index < -0.39 is 10.0 Å². The minimum Gasteiger partial charge on any atom is -0.486 e. The molecule has 0 atom stereocenters. The van der Waals surface area contributed by atoms with Gasteiger partial charge in [-0.15, -0.1) is 0 Å². The maximum atomic E-state index is 12.7. The van der Waals surface area contributed by atoms with E-state index in [0.29, 0.717) is 49.2 Å². The van der Waals surface area contributed by atoms with Crippen LogP contribution in [0.25, 0.3) is 0 Å². The van der Waals surface area contributed by atoms with Crippen LogP contribution in [-0.2, 0) is 16.6 Å². The molecule has 0 unspecified atom stereocenters. The number of aryl methyl sites for hydroxylation is 1. The van der Waals surface area contributed by atoms with Gasteiger partial charge >= 0.3 is 0 Å². The topological polar surface area (TPSA) is 98.7 Å². The van der Waals surface area contributed by atoms with E-state index in [1.807, 2.05) is 0 Å². The fourth-order valence-corrected chi connectivity index (χ4v) is 3.96. The zero-order chi connectivity index (χ0) is 17.4. The Morgan fingerprint density at radius 1 is 1.12 bits per heavy atom. The summed E-state index contributed by atoms with van der Waals surface area (Å²) in [5, 5.41) is 2.74. The molecule has 0 radical (unpaired) electrons. The second kappa shape index (κ2) is 5.99. The van der Waals surface area contributed by atoms with Crippen LogP contribution in [0, 0.1) is 0 Å². The van der Waals surface area contributed by atoms with Crippen LogP contribution in [0.5, 0.6) is 11.5 Å². The lowest BCUT2D eigenvalue weighted by atomic mass is 10.3. The van der Waals surface area contributed by atoms with Crippen LogP contribution in [0.1, 0.15) is 16.9 Å². The summed E-state index contributed by atoms with van der Waals surface area (Å²) >= 11 is 0. The van der Waals surface area contributed by atoms with Crippen molar-refractivity contribution in [2.24, 2.45) is 0 Å². The van der Waals surface area contributed by atoms with Gasteiger partial charge in [0.25, 0.3) is 15.9 Å². The van der Waals surface area contributed by atoms with Gasteiger partial charge in [0, 0.05) is 25.4 Å². The highest BCUT2D eigenvalue weighted by molar-refractivity contribution is 7.92. The van der Waals surface area contributed by atoms with Gasteiger partial charge in [0.05, 0.1) is 5.69 Å². The van der Waals surface area contributed by atoms with Crippen molar-refractivity contribution < 1.29 is 22.7 Å². The number of aromatic nitrogens is 1. The smallest absolute Gasteiger partial charge is 0.267 e. The number of sulfonamides is 1. The van der Waals surface area contributed by atoms with E-state index >= 15 is 0 Å². The number of fused-ring (bicyclic) bond motifs is 2. The Hall–Kier alpha value is -2.68. The highest BCUT2D eigenvalue weighted by Crippen LogP contribution is 2.33. The second-order valence-corrected chi connectivity index (χ2v) is 7.51. The third kappa shape index (κ3) is 3.02. The number of hydrogen-bond donors (Lipinski definition) is 2. The number of nitrogens with zero attached hydrogens (tertiary/aromatic N) is 1. The number of amides is 1. The lowest BCUT2D eigenvalue weighted by molar-refractivity contribution is 0.0951. The molecule has 9 heteroatoms. The van der Waals surface area contributed by atoms with Gasteiger partial charge in [-0.05, 0) is 24.6 Å². The van der Waals surface area contributed by atoms with E-state index in [1.54, 1.807) is 22.8 Å². The fourth-order valence-electron chi connectivity index (χ4n) is 2.87. The normalized spacial score (nSPS) is 16.6. The number of carbonyl (C=O) groups excluding carboxylic acids is 1. The summed E-state index contributed by atoms with van der Waals surface area (Å²) in [6.45, 7) is 2.06. The maximum absolute atomic E-state index is 12.7. The Kier molecular flexibility index (Phi) is 3.79. The monoisotopic (exact) mass is 363 g/mol. The van der Waals surface area contributed by atoms with E-state index in [1.165, 1.54) is 12.3 Å². The highest BCUT2D eigenvalue weighted by atomic mass is 32.2. The molecular formula is C16H17N3O5S. The van der Waals surface area contributed by atoms with Crippen LogP contribution in [0.2, 0.25) is 0 Å². The standard InChI is InChI=1S/C16H17N3O5S/c20-16-13-9-12(10-19(13)5-1-4-17-16)25(21,22)18-11-2-3-14-15(8-11)24-7-6-23-14/h2-3,8-10,18H,1,4-7H2,(H,17,20). The van der Waals surface area contributed by atoms with E-state index in [9.17, 15) is 13.2 Å². The first-order chi connectivity index (χ1) is 12.0. The van der Waals surface area contributed by atoms with Gasteiger partial charge in [-0.1, -0.05) is 0 Å².